The molecule has 6 aromatic rings. The Labute approximate surface area is 318 Å². The predicted octanol–water partition coefficient (Wildman–Crippen LogP) is 7.64. The molecule has 2 saturated carbocycles. The molecule has 2 aliphatic heterocycles. The summed E-state index contributed by atoms with van der Waals surface area (Å²) in [5, 5.41) is 2.82. The number of hydrogen-bond acceptors (Lipinski definition) is 6. The molecule has 0 spiro atoms. The molecular weight excluding hydrogens is 669 g/mol. The molecule has 1 amide bonds. The summed E-state index contributed by atoms with van der Waals surface area (Å²) in [4.78, 5) is 26.4. The third kappa shape index (κ3) is 7.08. The highest BCUT2D eigenvalue weighted by atomic mass is 16.1. The lowest BCUT2D eigenvalue weighted by atomic mass is 9.91. The number of fused-ring (bicyclic) bond motifs is 6. The van der Waals surface area contributed by atoms with Gasteiger partial charge in [0.15, 0.2) is 0 Å². The van der Waals surface area contributed by atoms with Gasteiger partial charge in [0.25, 0.3) is 0 Å². The SMILES string of the molecule is CC(=O)Nc1ccc(-c2ccc3nc4n(c3c2)CCN(C2CCC2)CC4)cc1.NCc1ccc(-c2ccc3nc4n(c3c2)CCN(C2CCC2)CC4)cc1. The van der Waals surface area contributed by atoms with Crippen LogP contribution >= 0.6 is 0 Å². The molecule has 0 atom stereocenters. The molecule has 2 fully saturated rings. The molecule has 2 aliphatic carbocycles. The number of nitrogens with zero attached hydrogens (tertiary/aromatic N) is 6. The second kappa shape index (κ2) is 15.1. The first-order valence-corrected chi connectivity index (χ1v) is 20.1. The van der Waals surface area contributed by atoms with Crippen LogP contribution in [0.2, 0.25) is 0 Å². The third-order valence-corrected chi connectivity index (χ3v) is 12.4. The standard InChI is InChI=1S/C23H26N4O.C22H26N4/c1-16(28)24-19-8-5-17(6-9-19)18-7-10-21-22(15-18)27-14-13-26(20-3-2-4-20)12-11-23(27)25-21;23-15-16-4-6-17(7-5-16)18-8-9-20-21(14-18)26-13-12-25(19-2-1-3-19)11-10-22(26)24-20/h5-10,15,20H,2-4,11-14H2,1H3,(H,24,28);4-9,14,19H,1-3,10-13,15,23H2. The zero-order valence-corrected chi connectivity index (χ0v) is 31.5. The molecule has 0 unspecified atom stereocenters. The molecule has 0 saturated heterocycles. The predicted molar refractivity (Wildman–Crippen MR) is 218 cm³/mol. The number of imidazole rings is 2. The molecule has 10 rings (SSSR count). The number of amides is 1. The molecular formula is C45H52N8O. The Kier molecular flexibility index (Phi) is 9.78. The Morgan fingerprint density at radius 3 is 1.52 bits per heavy atom. The van der Waals surface area contributed by atoms with Crippen molar-refractivity contribution in [3.63, 3.8) is 0 Å². The lowest BCUT2D eigenvalue weighted by Gasteiger charge is -2.36. The van der Waals surface area contributed by atoms with Crippen LogP contribution in [-0.4, -0.2) is 73.1 Å². The minimum Gasteiger partial charge on any atom is -0.327 e. The normalized spacial score (nSPS) is 18.1. The molecule has 2 aromatic heterocycles. The van der Waals surface area contributed by atoms with Gasteiger partial charge in [0.2, 0.25) is 5.91 Å². The molecule has 0 bridgehead atoms. The number of carbonyl (C=O) groups is 1. The van der Waals surface area contributed by atoms with Crippen molar-refractivity contribution in [3.05, 3.63) is 102 Å². The summed E-state index contributed by atoms with van der Waals surface area (Å²) < 4.78 is 4.87. The van der Waals surface area contributed by atoms with E-state index in [-0.39, 0.29) is 5.91 Å². The molecule has 4 aromatic carbocycles. The quantitative estimate of drug-likeness (QED) is 0.184. The zero-order valence-electron chi connectivity index (χ0n) is 31.5. The maximum Gasteiger partial charge on any atom is 0.221 e. The molecule has 4 heterocycles. The molecule has 4 aliphatic rings. The van der Waals surface area contributed by atoms with Crippen LogP contribution in [0.5, 0.6) is 0 Å². The summed E-state index contributed by atoms with van der Waals surface area (Å²) >= 11 is 0. The molecule has 54 heavy (non-hydrogen) atoms. The van der Waals surface area contributed by atoms with Gasteiger partial charge in [0, 0.05) is 83.3 Å². The number of anilines is 1. The second-order valence-electron chi connectivity index (χ2n) is 15.7. The van der Waals surface area contributed by atoms with Crippen molar-refractivity contribution in [2.24, 2.45) is 5.73 Å². The fourth-order valence-corrected chi connectivity index (χ4v) is 8.77. The fourth-order valence-electron chi connectivity index (χ4n) is 8.77. The van der Waals surface area contributed by atoms with E-state index < -0.39 is 0 Å². The van der Waals surface area contributed by atoms with Gasteiger partial charge >= 0.3 is 0 Å². The van der Waals surface area contributed by atoms with Crippen molar-refractivity contribution in [2.45, 2.75) is 90.0 Å². The molecule has 278 valence electrons. The number of nitrogens with two attached hydrogens (primary N) is 1. The van der Waals surface area contributed by atoms with Gasteiger partial charge in [0.1, 0.15) is 11.6 Å². The first-order chi connectivity index (χ1) is 26.5. The van der Waals surface area contributed by atoms with Gasteiger partial charge in [-0.3, -0.25) is 14.6 Å². The van der Waals surface area contributed by atoms with Crippen LogP contribution in [0, 0.1) is 0 Å². The van der Waals surface area contributed by atoms with Crippen molar-refractivity contribution < 1.29 is 4.79 Å². The van der Waals surface area contributed by atoms with E-state index in [2.05, 4.69) is 97.0 Å². The van der Waals surface area contributed by atoms with E-state index in [1.54, 1.807) is 0 Å². The number of carbonyl (C=O) groups excluding carboxylic acids is 1. The Balaban J connectivity index is 0.000000143. The van der Waals surface area contributed by atoms with Crippen molar-refractivity contribution in [1.82, 2.24) is 28.9 Å². The summed E-state index contributed by atoms with van der Waals surface area (Å²) in [6.07, 6.45) is 10.4. The monoisotopic (exact) mass is 720 g/mol. The average Bonchev–Trinajstić information content (AvgIpc) is 3.51. The van der Waals surface area contributed by atoms with Gasteiger partial charge in [-0.25, -0.2) is 9.97 Å². The summed E-state index contributed by atoms with van der Waals surface area (Å²) in [5.41, 5.74) is 17.3. The van der Waals surface area contributed by atoms with E-state index in [1.165, 1.54) is 90.4 Å². The minimum atomic E-state index is -0.0490. The smallest absolute Gasteiger partial charge is 0.221 e. The first kappa shape index (κ1) is 34.9. The van der Waals surface area contributed by atoms with Crippen LogP contribution in [0.25, 0.3) is 44.3 Å². The van der Waals surface area contributed by atoms with Crippen molar-refractivity contribution in [3.8, 4) is 22.3 Å². The Hall–Kier alpha value is -4.83. The van der Waals surface area contributed by atoms with Gasteiger partial charge in [-0.05, 0) is 89.9 Å². The highest BCUT2D eigenvalue weighted by Gasteiger charge is 2.28. The van der Waals surface area contributed by atoms with E-state index in [9.17, 15) is 4.79 Å². The zero-order chi connectivity index (χ0) is 36.6. The van der Waals surface area contributed by atoms with Crippen LogP contribution in [-0.2, 0) is 37.3 Å². The first-order valence-electron chi connectivity index (χ1n) is 20.1. The largest absolute Gasteiger partial charge is 0.327 e. The second-order valence-corrected chi connectivity index (χ2v) is 15.7. The van der Waals surface area contributed by atoms with Gasteiger partial charge in [-0.2, -0.15) is 0 Å². The maximum atomic E-state index is 11.2. The van der Waals surface area contributed by atoms with Crippen LogP contribution in [0.1, 0.15) is 62.7 Å². The Morgan fingerprint density at radius 2 is 1.09 bits per heavy atom. The highest BCUT2D eigenvalue weighted by molar-refractivity contribution is 5.89. The third-order valence-electron chi connectivity index (χ3n) is 12.4. The van der Waals surface area contributed by atoms with E-state index in [1.807, 2.05) is 12.1 Å². The number of nitrogens with one attached hydrogen (secondary N) is 1. The number of rotatable bonds is 6. The summed E-state index contributed by atoms with van der Waals surface area (Å²) in [6.45, 7) is 8.75. The summed E-state index contributed by atoms with van der Waals surface area (Å²) in [6, 6.07) is 31.4. The molecule has 3 N–H and O–H groups in total. The number of aromatic nitrogens is 4. The Morgan fingerprint density at radius 1 is 0.630 bits per heavy atom. The van der Waals surface area contributed by atoms with Gasteiger partial charge in [-0.1, -0.05) is 61.4 Å². The van der Waals surface area contributed by atoms with E-state index in [0.717, 1.165) is 86.5 Å². The van der Waals surface area contributed by atoms with E-state index in [4.69, 9.17) is 15.7 Å². The molecule has 9 heteroatoms. The number of hydrogen-bond donors (Lipinski definition) is 2. The lowest BCUT2D eigenvalue weighted by Crippen LogP contribution is -2.41. The lowest BCUT2D eigenvalue weighted by molar-refractivity contribution is -0.114. The minimum absolute atomic E-state index is 0.0490. The summed E-state index contributed by atoms with van der Waals surface area (Å²) in [7, 11) is 0. The van der Waals surface area contributed by atoms with Crippen molar-refractivity contribution in [2.75, 3.05) is 31.5 Å². The molecule has 0 radical (unpaired) electrons. The average molecular weight is 721 g/mol. The van der Waals surface area contributed by atoms with Crippen molar-refractivity contribution >= 4 is 33.7 Å². The fraction of sp³-hybridized carbons (Fsp3) is 0.400. The molecule has 9 nitrogen and oxygen atoms in total. The van der Waals surface area contributed by atoms with Gasteiger partial charge < -0.3 is 20.2 Å². The van der Waals surface area contributed by atoms with Gasteiger partial charge in [0.05, 0.1) is 22.1 Å². The van der Waals surface area contributed by atoms with Crippen LogP contribution in [0.15, 0.2) is 84.9 Å². The maximum absolute atomic E-state index is 11.2. The van der Waals surface area contributed by atoms with E-state index >= 15 is 0 Å². The van der Waals surface area contributed by atoms with Crippen LogP contribution in [0.3, 0.4) is 0 Å². The van der Waals surface area contributed by atoms with E-state index in [0.29, 0.717) is 6.54 Å². The topological polar surface area (TPSA) is 97.2 Å². The Bertz CT molecular complexity index is 2260. The highest BCUT2D eigenvalue weighted by Crippen LogP contribution is 2.31. The van der Waals surface area contributed by atoms with Crippen molar-refractivity contribution in [1.29, 1.82) is 0 Å². The van der Waals surface area contributed by atoms with Crippen LogP contribution in [0.4, 0.5) is 5.69 Å². The van der Waals surface area contributed by atoms with Gasteiger partial charge in [-0.15, -0.1) is 0 Å². The number of benzene rings is 4. The van der Waals surface area contributed by atoms with Crippen LogP contribution < -0.4 is 11.1 Å². The summed E-state index contributed by atoms with van der Waals surface area (Å²) in [5.74, 6) is 2.42.